The average Bonchev–Trinajstić information content (AvgIpc) is 3.35. The molecule has 0 saturated carbocycles. The van der Waals surface area contributed by atoms with Crippen LogP contribution in [0, 0.1) is 0 Å². The molecule has 8 aromatic rings. The topological polar surface area (TPSA) is 38.7 Å². The summed E-state index contributed by atoms with van der Waals surface area (Å²) in [6.45, 7) is 0. The summed E-state index contributed by atoms with van der Waals surface area (Å²) in [5, 5.41) is 6.94. The zero-order chi connectivity index (χ0) is 24.3. The second kappa shape index (κ2) is 7.92. The molecule has 0 spiro atoms. The Morgan fingerprint density at radius 2 is 1.24 bits per heavy atom. The van der Waals surface area contributed by atoms with Crippen LogP contribution in [0.3, 0.4) is 0 Å². The summed E-state index contributed by atoms with van der Waals surface area (Å²) in [5.41, 5.74) is 4.73. The Labute approximate surface area is 216 Å². The van der Waals surface area contributed by atoms with Crippen LogP contribution in [0.15, 0.2) is 115 Å². The quantitative estimate of drug-likeness (QED) is 0.227. The third kappa shape index (κ3) is 3.16. The van der Waals surface area contributed by atoms with Crippen LogP contribution in [0.1, 0.15) is 0 Å². The lowest BCUT2D eigenvalue weighted by Gasteiger charge is -2.12. The molecule has 0 aliphatic carbocycles. The monoisotopic (exact) mass is 489 g/mol. The molecule has 3 heterocycles. The molecule has 3 nitrogen and oxygen atoms in total. The van der Waals surface area contributed by atoms with Gasteiger partial charge in [0.15, 0.2) is 5.82 Å². The van der Waals surface area contributed by atoms with Gasteiger partial charge in [0.2, 0.25) is 0 Å². The lowest BCUT2D eigenvalue weighted by molar-refractivity contribution is 1.20. The smallest absolute Gasteiger partial charge is 0.179 e. The number of pyridine rings is 1. The number of rotatable bonds is 2. The van der Waals surface area contributed by atoms with E-state index < -0.39 is 0 Å². The van der Waals surface area contributed by atoms with Crippen LogP contribution in [-0.4, -0.2) is 15.0 Å². The highest BCUT2D eigenvalue weighted by molar-refractivity contribution is 7.25. The van der Waals surface area contributed by atoms with Crippen molar-refractivity contribution < 1.29 is 0 Å². The second-order valence-corrected chi connectivity index (χ2v) is 10.3. The van der Waals surface area contributed by atoms with Crippen molar-refractivity contribution in [2.45, 2.75) is 0 Å². The van der Waals surface area contributed by atoms with Crippen molar-refractivity contribution in [3.05, 3.63) is 115 Å². The van der Waals surface area contributed by atoms with Crippen LogP contribution in [0.25, 0.3) is 75.5 Å². The molecule has 172 valence electrons. The third-order valence-corrected chi connectivity index (χ3v) is 8.21. The third-order valence-electron chi connectivity index (χ3n) is 7.08. The standard InChI is InChI=1S/C33H19N3S/c1-3-10-22-20(8-1)16-18-25-31(22)35-33(27-19-17-21-9-2-5-13-26(21)34-27)36-32(25)24-12-7-15-29-30(24)23-11-4-6-14-28(23)37-29/h1-19H. The molecule has 0 unspecified atom stereocenters. The fourth-order valence-electron chi connectivity index (χ4n) is 5.35. The van der Waals surface area contributed by atoms with Crippen LogP contribution in [0.2, 0.25) is 0 Å². The first-order chi connectivity index (χ1) is 18.3. The molecule has 0 aliphatic rings. The zero-order valence-electron chi connectivity index (χ0n) is 19.7. The predicted octanol–water partition coefficient (Wildman–Crippen LogP) is 9.03. The second-order valence-electron chi connectivity index (χ2n) is 9.24. The summed E-state index contributed by atoms with van der Waals surface area (Å²) in [4.78, 5) is 15.3. The highest BCUT2D eigenvalue weighted by atomic mass is 32.1. The molecule has 0 radical (unpaired) electrons. The lowest BCUT2D eigenvalue weighted by Crippen LogP contribution is -1.98. The Morgan fingerprint density at radius 3 is 2.19 bits per heavy atom. The van der Waals surface area contributed by atoms with Gasteiger partial charge in [-0.2, -0.15) is 0 Å². The molecule has 0 bridgehead atoms. The Hall–Kier alpha value is -4.67. The molecular weight excluding hydrogens is 470 g/mol. The van der Waals surface area contributed by atoms with E-state index >= 15 is 0 Å². The van der Waals surface area contributed by atoms with E-state index in [2.05, 4.69) is 91.0 Å². The fraction of sp³-hybridized carbons (Fsp3) is 0. The molecule has 0 aliphatic heterocycles. The molecule has 0 fully saturated rings. The van der Waals surface area contributed by atoms with E-state index in [9.17, 15) is 0 Å². The first-order valence-corrected chi connectivity index (χ1v) is 13.1. The highest BCUT2D eigenvalue weighted by Gasteiger charge is 2.18. The summed E-state index contributed by atoms with van der Waals surface area (Å²) < 4.78 is 2.54. The van der Waals surface area contributed by atoms with E-state index in [0.717, 1.165) is 49.5 Å². The molecular formula is C33H19N3S. The first kappa shape index (κ1) is 20.5. The van der Waals surface area contributed by atoms with E-state index in [1.54, 1.807) is 0 Å². The van der Waals surface area contributed by atoms with Crippen molar-refractivity contribution in [2.75, 3.05) is 0 Å². The predicted molar refractivity (Wildman–Crippen MR) is 156 cm³/mol. The van der Waals surface area contributed by atoms with Gasteiger partial charge in [-0.1, -0.05) is 84.9 Å². The van der Waals surface area contributed by atoms with Gasteiger partial charge in [-0.3, -0.25) is 0 Å². The van der Waals surface area contributed by atoms with Gasteiger partial charge in [0.1, 0.15) is 5.69 Å². The highest BCUT2D eigenvalue weighted by Crippen LogP contribution is 2.42. The fourth-order valence-corrected chi connectivity index (χ4v) is 6.48. The molecule has 4 heteroatoms. The van der Waals surface area contributed by atoms with Crippen molar-refractivity contribution in [1.82, 2.24) is 15.0 Å². The summed E-state index contributed by atoms with van der Waals surface area (Å²) in [7, 11) is 0. The summed E-state index contributed by atoms with van der Waals surface area (Å²) in [6, 6.07) is 40.2. The largest absolute Gasteiger partial charge is 0.244 e. The van der Waals surface area contributed by atoms with Crippen LogP contribution in [-0.2, 0) is 0 Å². The van der Waals surface area contributed by atoms with Gasteiger partial charge < -0.3 is 0 Å². The zero-order valence-corrected chi connectivity index (χ0v) is 20.5. The van der Waals surface area contributed by atoms with E-state index in [0.29, 0.717) is 5.82 Å². The van der Waals surface area contributed by atoms with Crippen LogP contribution in [0.4, 0.5) is 0 Å². The van der Waals surface area contributed by atoms with E-state index in [4.69, 9.17) is 15.0 Å². The SMILES string of the molecule is c1ccc2nc(-c3nc(-c4cccc5sc6ccccc6c45)c4ccc5ccccc5c4n3)ccc2c1. The molecule has 0 N–H and O–H groups in total. The normalized spacial score (nSPS) is 11.8. The van der Waals surface area contributed by atoms with Crippen molar-refractivity contribution in [2.24, 2.45) is 0 Å². The van der Waals surface area contributed by atoms with Crippen molar-refractivity contribution in [3.8, 4) is 22.8 Å². The van der Waals surface area contributed by atoms with Gasteiger partial charge in [0.05, 0.1) is 16.7 Å². The molecule has 0 amide bonds. The number of benzene rings is 5. The van der Waals surface area contributed by atoms with Crippen molar-refractivity contribution in [1.29, 1.82) is 0 Å². The minimum absolute atomic E-state index is 0.640. The molecule has 37 heavy (non-hydrogen) atoms. The Kier molecular flexibility index (Phi) is 4.39. The number of hydrogen-bond donors (Lipinski definition) is 0. The van der Waals surface area contributed by atoms with Crippen LogP contribution >= 0.6 is 11.3 Å². The average molecular weight is 490 g/mol. The van der Waals surface area contributed by atoms with Crippen LogP contribution in [0.5, 0.6) is 0 Å². The Morgan fingerprint density at radius 1 is 0.486 bits per heavy atom. The molecule has 8 rings (SSSR count). The summed E-state index contributed by atoms with van der Waals surface area (Å²) >= 11 is 1.82. The number of para-hydroxylation sites is 1. The van der Waals surface area contributed by atoms with E-state index in [1.165, 1.54) is 20.2 Å². The Bertz CT molecular complexity index is 2160. The first-order valence-electron chi connectivity index (χ1n) is 12.3. The van der Waals surface area contributed by atoms with Gasteiger partial charge in [-0.25, -0.2) is 15.0 Å². The number of nitrogens with zero attached hydrogens (tertiary/aromatic N) is 3. The maximum atomic E-state index is 5.22. The lowest BCUT2D eigenvalue weighted by atomic mass is 9.98. The van der Waals surface area contributed by atoms with Crippen LogP contribution < -0.4 is 0 Å². The molecule has 3 aromatic heterocycles. The Balaban J connectivity index is 1.51. The number of aromatic nitrogens is 3. The molecule has 0 saturated heterocycles. The number of hydrogen-bond acceptors (Lipinski definition) is 4. The number of fused-ring (bicyclic) bond motifs is 7. The minimum Gasteiger partial charge on any atom is -0.244 e. The molecule has 5 aromatic carbocycles. The van der Waals surface area contributed by atoms with Crippen molar-refractivity contribution in [3.63, 3.8) is 0 Å². The van der Waals surface area contributed by atoms with Gasteiger partial charge in [-0.05, 0) is 35.7 Å². The van der Waals surface area contributed by atoms with Gasteiger partial charge in [0.25, 0.3) is 0 Å². The molecule has 0 atom stereocenters. The minimum atomic E-state index is 0.640. The maximum absolute atomic E-state index is 5.22. The van der Waals surface area contributed by atoms with Gasteiger partial charge >= 0.3 is 0 Å². The number of thiophene rings is 1. The van der Waals surface area contributed by atoms with Gasteiger partial charge in [-0.15, -0.1) is 11.3 Å². The van der Waals surface area contributed by atoms with E-state index in [1.807, 2.05) is 35.6 Å². The maximum Gasteiger partial charge on any atom is 0.179 e. The van der Waals surface area contributed by atoms with E-state index in [-0.39, 0.29) is 0 Å². The van der Waals surface area contributed by atoms with Crippen molar-refractivity contribution >= 4 is 64.1 Å². The summed E-state index contributed by atoms with van der Waals surface area (Å²) in [5.74, 6) is 0.640. The van der Waals surface area contributed by atoms with Gasteiger partial charge in [0, 0.05) is 41.9 Å². The summed E-state index contributed by atoms with van der Waals surface area (Å²) in [6.07, 6.45) is 0.